The first-order valence-corrected chi connectivity index (χ1v) is 11.4. The minimum atomic E-state index is -1.04. The van der Waals surface area contributed by atoms with E-state index in [4.69, 9.17) is 11.6 Å². The van der Waals surface area contributed by atoms with Crippen LogP contribution < -0.4 is 5.32 Å². The predicted molar refractivity (Wildman–Crippen MR) is 123 cm³/mol. The maximum absolute atomic E-state index is 14.2. The third kappa shape index (κ3) is 2.58. The van der Waals surface area contributed by atoms with Crippen LogP contribution in [-0.2, 0) is 10.3 Å². The highest BCUT2D eigenvalue weighted by Gasteiger charge is 2.69. The molecular weight excluding hydrogens is 422 g/mol. The normalized spacial score (nSPS) is 28.5. The monoisotopic (exact) mass is 443 g/mol. The number of halogens is 1. The standard InChI is InChI=1S/C26H22ClN3O2/c27-17-12-10-16(11-13-17)22-21-9-5-15-30(21)26(18-6-1-2-7-19(18)29-25(26)32)23(22)24(31)20-8-3-4-14-28-20/h1-4,6-8,10-14,21-23H,5,9,15H2,(H,29,32)/t21-,22-,23+,26+/m1/s1. The van der Waals surface area contributed by atoms with Crippen LogP contribution in [0.4, 0.5) is 5.69 Å². The summed E-state index contributed by atoms with van der Waals surface area (Å²) in [7, 11) is 0. The molecule has 4 heterocycles. The van der Waals surface area contributed by atoms with Gasteiger partial charge >= 0.3 is 0 Å². The Kier molecular flexibility index (Phi) is 4.46. The summed E-state index contributed by atoms with van der Waals surface area (Å²) in [6.45, 7) is 0.780. The van der Waals surface area contributed by atoms with Crippen molar-refractivity contribution in [3.8, 4) is 0 Å². The van der Waals surface area contributed by atoms with E-state index in [2.05, 4.69) is 15.2 Å². The molecule has 32 heavy (non-hydrogen) atoms. The van der Waals surface area contributed by atoms with Gasteiger partial charge < -0.3 is 5.32 Å². The van der Waals surface area contributed by atoms with Crippen molar-refractivity contribution in [1.82, 2.24) is 9.88 Å². The number of carbonyl (C=O) groups is 2. The molecule has 0 saturated carbocycles. The lowest BCUT2D eigenvalue weighted by Crippen LogP contribution is -2.53. The average molecular weight is 444 g/mol. The van der Waals surface area contributed by atoms with Crippen molar-refractivity contribution >= 4 is 29.0 Å². The first kappa shape index (κ1) is 19.6. The number of fused-ring (bicyclic) bond motifs is 4. The van der Waals surface area contributed by atoms with Crippen LogP contribution in [0.25, 0.3) is 0 Å². The highest BCUT2D eigenvalue weighted by atomic mass is 35.5. The number of pyridine rings is 1. The first-order valence-electron chi connectivity index (χ1n) is 11.0. The molecular formula is C26H22ClN3O2. The van der Waals surface area contributed by atoms with E-state index in [1.807, 2.05) is 54.6 Å². The van der Waals surface area contributed by atoms with E-state index in [1.165, 1.54) is 0 Å². The van der Waals surface area contributed by atoms with Gasteiger partial charge in [0, 0.05) is 34.4 Å². The SMILES string of the molecule is O=C(c1ccccn1)[C@@H]1[C@H](c2ccc(Cl)cc2)[C@H]2CCCN2[C@]12C(=O)Nc1ccccc12. The van der Waals surface area contributed by atoms with Gasteiger partial charge in [-0.05, 0) is 55.3 Å². The summed E-state index contributed by atoms with van der Waals surface area (Å²) in [5.74, 6) is -0.933. The van der Waals surface area contributed by atoms with Crippen LogP contribution in [0.1, 0.15) is 40.4 Å². The lowest BCUT2D eigenvalue weighted by atomic mass is 9.69. The molecule has 0 radical (unpaired) electrons. The Morgan fingerprint density at radius 2 is 1.84 bits per heavy atom. The fourth-order valence-corrected chi connectivity index (χ4v) is 6.37. The van der Waals surface area contributed by atoms with Gasteiger partial charge in [-0.15, -0.1) is 0 Å². The number of ketones is 1. The number of rotatable bonds is 3. The molecule has 0 unspecified atom stereocenters. The quantitative estimate of drug-likeness (QED) is 0.599. The number of anilines is 1. The van der Waals surface area contributed by atoms with Crippen LogP contribution in [0.15, 0.2) is 72.9 Å². The zero-order valence-corrected chi connectivity index (χ0v) is 18.1. The van der Waals surface area contributed by atoms with Gasteiger partial charge in [0.15, 0.2) is 5.78 Å². The summed E-state index contributed by atoms with van der Waals surface area (Å²) in [5.41, 5.74) is 2.07. The molecule has 5 nitrogen and oxygen atoms in total. The molecule has 3 aliphatic heterocycles. The number of para-hydroxylation sites is 1. The van der Waals surface area contributed by atoms with Crippen molar-refractivity contribution < 1.29 is 9.59 Å². The van der Waals surface area contributed by atoms with Crippen molar-refractivity contribution in [2.75, 3.05) is 11.9 Å². The van der Waals surface area contributed by atoms with Crippen LogP contribution in [0.5, 0.6) is 0 Å². The number of carbonyl (C=O) groups excluding carboxylic acids is 2. The zero-order chi connectivity index (χ0) is 21.9. The summed E-state index contributed by atoms with van der Waals surface area (Å²) in [4.78, 5) is 34.6. The minimum absolute atomic E-state index is 0.0887. The predicted octanol–water partition coefficient (Wildman–Crippen LogP) is 4.64. The molecule has 1 spiro atoms. The molecule has 6 heteroatoms. The number of hydrogen-bond acceptors (Lipinski definition) is 4. The lowest BCUT2D eigenvalue weighted by molar-refractivity contribution is -0.127. The molecule has 1 aromatic heterocycles. The largest absolute Gasteiger partial charge is 0.324 e. The molecule has 3 aromatic rings. The van der Waals surface area contributed by atoms with E-state index in [0.717, 1.165) is 36.2 Å². The second kappa shape index (κ2) is 7.26. The summed E-state index contributed by atoms with van der Waals surface area (Å²) in [6, 6.07) is 21.0. The zero-order valence-electron chi connectivity index (χ0n) is 17.4. The van der Waals surface area contributed by atoms with E-state index >= 15 is 0 Å². The molecule has 3 aliphatic rings. The van der Waals surface area contributed by atoms with Crippen molar-refractivity contribution in [3.05, 3.63) is 94.8 Å². The Balaban J connectivity index is 1.62. The summed E-state index contributed by atoms with van der Waals surface area (Å²) >= 11 is 6.18. The van der Waals surface area contributed by atoms with Crippen LogP contribution in [0.3, 0.4) is 0 Å². The number of nitrogens with zero attached hydrogens (tertiary/aromatic N) is 2. The van der Waals surface area contributed by atoms with Gasteiger partial charge in [0.05, 0.1) is 5.92 Å². The van der Waals surface area contributed by atoms with Crippen molar-refractivity contribution in [3.63, 3.8) is 0 Å². The maximum atomic E-state index is 14.2. The first-order chi connectivity index (χ1) is 15.6. The van der Waals surface area contributed by atoms with Crippen LogP contribution in [0, 0.1) is 5.92 Å². The number of aromatic nitrogens is 1. The van der Waals surface area contributed by atoms with Gasteiger partial charge in [0.1, 0.15) is 11.2 Å². The number of amides is 1. The van der Waals surface area contributed by atoms with Gasteiger partial charge in [0.25, 0.3) is 0 Å². The Morgan fingerprint density at radius 3 is 2.62 bits per heavy atom. The van der Waals surface area contributed by atoms with Crippen LogP contribution in [-0.4, -0.2) is 34.2 Å². The van der Waals surface area contributed by atoms with E-state index in [0.29, 0.717) is 10.7 Å². The number of benzene rings is 2. The van der Waals surface area contributed by atoms with E-state index in [9.17, 15) is 9.59 Å². The van der Waals surface area contributed by atoms with Gasteiger partial charge in [-0.25, -0.2) is 0 Å². The van der Waals surface area contributed by atoms with Gasteiger partial charge in [0.2, 0.25) is 5.91 Å². The molecule has 4 atom stereocenters. The molecule has 6 rings (SSSR count). The Morgan fingerprint density at radius 1 is 1.06 bits per heavy atom. The second-order valence-electron chi connectivity index (χ2n) is 8.80. The minimum Gasteiger partial charge on any atom is -0.324 e. The van der Waals surface area contributed by atoms with Gasteiger partial charge in [-0.3, -0.25) is 19.5 Å². The molecule has 0 bridgehead atoms. The maximum Gasteiger partial charge on any atom is 0.250 e. The highest BCUT2D eigenvalue weighted by Crippen LogP contribution is 2.61. The molecule has 2 fully saturated rings. The topological polar surface area (TPSA) is 62.3 Å². The van der Waals surface area contributed by atoms with Crippen molar-refractivity contribution in [1.29, 1.82) is 0 Å². The van der Waals surface area contributed by atoms with E-state index < -0.39 is 11.5 Å². The van der Waals surface area contributed by atoms with E-state index in [-0.39, 0.29) is 23.7 Å². The summed E-state index contributed by atoms with van der Waals surface area (Å²) < 4.78 is 0. The van der Waals surface area contributed by atoms with Crippen molar-refractivity contribution in [2.24, 2.45) is 5.92 Å². The summed E-state index contributed by atoms with van der Waals surface area (Å²) in [5, 5.41) is 3.74. The Labute approximate surface area is 191 Å². The Hall–Kier alpha value is -3.02. The molecule has 2 aromatic carbocycles. The molecule has 2 saturated heterocycles. The highest BCUT2D eigenvalue weighted by molar-refractivity contribution is 6.30. The van der Waals surface area contributed by atoms with Gasteiger partial charge in [-0.2, -0.15) is 0 Å². The number of nitrogens with one attached hydrogen (secondary N) is 1. The third-order valence-electron chi connectivity index (χ3n) is 7.36. The third-order valence-corrected chi connectivity index (χ3v) is 7.61. The number of Topliss-reactive ketones (excluding diaryl/α,β-unsaturated/α-hetero) is 1. The van der Waals surface area contributed by atoms with E-state index in [1.54, 1.807) is 18.3 Å². The Bertz CT molecular complexity index is 1210. The van der Waals surface area contributed by atoms with Crippen LogP contribution >= 0.6 is 11.6 Å². The van der Waals surface area contributed by atoms with Gasteiger partial charge in [-0.1, -0.05) is 48.0 Å². The molecule has 160 valence electrons. The second-order valence-corrected chi connectivity index (χ2v) is 9.24. The molecule has 1 amide bonds. The van der Waals surface area contributed by atoms with Crippen molar-refractivity contribution in [2.45, 2.75) is 30.3 Å². The fraction of sp³-hybridized carbons (Fsp3) is 0.269. The van der Waals surface area contributed by atoms with Crippen LogP contribution in [0.2, 0.25) is 5.02 Å². The molecule has 0 aliphatic carbocycles. The average Bonchev–Trinajstić information content (AvgIpc) is 3.48. The smallest absolute Gasteiger partial charge is 0.250 e. The number of hydrogen-bond donors (Lipinski definition) is 1. The summed E-state index contributed by atoms with van der Waals surface area (Å²) in [6.07, 6.45) is 3.57. The molecule has 1 N–H and O–H groups in total. The fourth-order valence-electron chi connectivity index (χ4n) is 6.24. The lowest BCUT2D eigenvalue weighted by Gasteiger charge is -2.36.